The van der Waals surface area contributed by atoms with Gasteiger partial charge >= 0.3 is 6.09 Å². The average Bonchev–Trinajstić information content (AvgIpc) is 3.27. The van der Waals surface area contributed by atoms with Gasteiger partial charge in [-0.05, 0) is 44.9 Å². The van der Waals surface area contributed by atoms with Crippen molar-refractivity contribution in [3.63, 3.8) is 0 Å². The van der Waals surface area contributed by atoms with Crippen LogP contribution in [0.25, 0.3) is 22.0 Å². The minimum Gasteiger partial charge on any atom is -0.495 e. The average molecular weight is 519 g/mol. The van der Waals surface area contributed by atoms with Crippen molar-refractivity contribution in [3.8, 4) is 22.6 Å². The Hall–Kier alpha value is -2.97. The van der Waals surface area contributed by atoms with E-state index in [9.17, 15) is 4.79 Å². The zero-order valence-electron chi connectivity index (χ0n) is 20.3. The van der Waals surface area contributed by atoms with Gasteiger partial charge in [0.05, 0.1) is 29.8 Å². The Morgan fingerprint density at radius 3 is 2.43 bits per heavy atom. The van der Waals surface area contributed by atoms with E-state index in [-0.39, 0.29) is 12.1 Å². The third-order valence-corrected chi connectivity index (χ3v) is 6.37. The van der Waals surface area contributed by atoms with Gasteiger partial charge in [-0.3, -0.25) is 0 Å². The van der Waals surface area contributed by atoms with Crippen molar-refractivity contribution in [2.75, 3.05) is 32.6 Å². The minimum absolute atomic E-state index is 0.0427. The largest absolute Gasteiger partial charge is 0.495 e. The molecule has 1 aliphatic heterocycles. The van der Waals surface area contributed by atoms with Crippen molar-refractivity contribution in [2.45, 2.75) is 38.8 Å². The molecule has 2 heterocycles. The van der Waals surface area contributed by atoms with Gasteiger partial charge < -0.3 is 24.4 Å². The van der Waals surface area contributed by atoms with Crippen LogP contribution >= 0.6 is 23.2 Å². The number of nitrogens with one attached hydrogen (secondary N) is 1. The summed E-state index contributed by atoms with van der Waals surface area (Å²) in [7, 11) is 3.08. The van der Waals surface area contributed by atoms with Crippen LogP contribution in [0, 0.1) is 0 Å². The number of amides is 1. The molecule has 1 aliphatic rings. The standard InChI is InChI=1S/C25H28Cl2N4O4/c1-25(2,3)35-24(32)31-9-8-16(13-31)29-23-28-12-15-10-14(6-7-17(15)30-23)20-21(26)18(33-4)11-19(34-5)22(20)27/h6-7,10-12,16H,8-9,13H2,1-5H3,(H,28,29,30)/t16-/m1/s1. The first kappa shape index (κ1) is 25.1. The molecule has 2 aromatic carbocycles. The summed E-state index contributed by atoms with van der Waals surface area (Å²) in [6, 6.07) is 7.40. The number of ether oxygens (including phenoxy) is 3. The zero-order chi connectivity index (χ0) is 25.3. The van der Waals surface area contributed by atoms with Crippen LogP contribution in [0.4, 0.5) is 10.7 Å². The summed E-state index contributed by atoms with van der Waals surface area (Å²) in [5.74, 6) is 1.44. The second kappa shape index (κ2) is 9.95. The van der Waals surface area contributed by atoms with E-state index in [1.54, 1.807) is 17.2 Å². The first-order chi connectivity index (χ1) is 16.6. The number of methoxy groups -OCH3 is 2. The number of hydrogen-bond acceptors (Lipinski definition) is 7. The van der Waals surface area contributed by atoms with Gasteiger partial charge in [0, 0.05) is 42.3 Å². The normalized spacial score (nSPS) is 15.9. The summed E-state index contributed by atoms with van der Waals surface area (Å²) in [4.78, 5) is 23.1. The highest BCUT2D eigenvalue weighted by Gasteiger charge is 2.30. The number of carbonyl (C=O) groups is 1. The Morgan fingerprint density at radius 2 is 1.80 bits per heavy atom. The summed E-state index contributed by atoms with van der Waals surface area (Å²) in [5.41, 5.74) is 1.64. The summed E-state index contributed by atoms with van der Waals surface area (Å²) in [6.45, 7) is 6.73. The number of halogens is 2. The number of likely N-dealkylation sites (tertiary alicyclic amines) is 1. The summed E-state index contributed by atoms with van der Waals surface area (Å²) in [6.07, 6.45) is 2.22. The van der Waals surface area contributed by atoms with Crippen molar-refractivity contribution < 1.29 is 19.0 Å². The second-order valence-corrected chi connectivity index (χ2v) is 10.1. The first-order valence-electron chi connectivity index (χ1n) is 11.2. The van der Waals surface area contributed by atoms with Crippen LogP contribution in [-0.4, -0.2) is 59.9 Å². The third kappa shape index (κ3) is 5.49. The molecule has 0 aliphatic carbocycles. The number of fused-ring (bicyclic) bond motifs is 1. The van der Waals surface area contributed by atoms with Gasteiger partial charge in [0.1, 0.15) is 17.1 Å². The van der Waals surface area contributed by atoms with E-state index >= 15 is 0 Å². The number of anilines is 1. The van der Waals surface area contributed by atoms with Gasteiger partial charge in [-0.2, -0.15) is 0 Å². The fraction of sp³-hybridized carbons (Fsp3) is 0.400. The molecule has 35 heavy (non-hydrogen) atoms. The molecule has 1 N–H and O–H groups in total. The number of carbonyl (C=O) groups excluding carboxylic acids is 1. The van der Waals surface area contributed by atoms with Crippen LogP contribution in [0.2, 0.25) is 10.0 Å². The SMILES string of the molecule is COc1cc(OC)c(Cl)c(-c2ccc3nc(N[C@@H]4CCN(C(=O)OC(C)(C)C)C4)ncc3c2)c1Cl. The molecular weight excluding hydrogens is 491 g/mol. The fourth-order valence-electron chi connectivity index (χ4n) is 3.95. The Kier molecular flexibility index (Phi) is 7.15. The highest BCUT2D eigenvalue weighted by molar-refractivity contribution is 6.41. The number of nitrogens with zero attached hydrogens (tertiary/aromatic N) is 3. The molecule has 0 radical (unpaired) electrons. The molecule has 3 aromatic rings. The molecule has 1 fully saturated rings. The lowest BCUT2D eigenvalue weighted by atomic mass is 10.0. The molecule has 1 atom stereocenters. The maximum Gasteiger partial charge on any atom is 0.410 e. The van der Waals surface area contributed by atoms with Crippen LogP contribution in [0.3, 0.4) is 0 Å². The van der Waals surface area contributed by atoms with Crippen LogP contribution in [-0.2, 0) is 4.74 Å². The summed E-state index contributed by atoms with van der Waals surface area (Å²) >= 11 is 13.2. The van der Waals surface area contributed by atoms with Crippen molar-refractivity contribution in [2.24, 2.45) is 0 Å². The molecule has 0 saturated carbocycles. The number of aromatic nitrogens is 2. The Balaban J connectivity index is 1.54. The Morgan fingerprint density at radius 1 is 1.11 bits per heavy atom. The minimum atomic E-state index is -0.520. The zero-order valence-corrected chi connectivity index (χ0v) is 21.8. The number of hydrogen-bond donors (Lipinski definition) is 1. The van der Waals surface area contributed by atoms with E-state index in [2.05, 4.69) is 15.3 Å². The molecule has 4 rings (SSSR count). The highest BCUT2D eigenvalue weighted by atomic mass is 35.5. The van der Waals surface area contributed by atoms with Gasteiger partial charge in [0.2, 0.25) is 5.95 Å². The second-order valence-electron chi connectivity index (χ2n) is 9.31. The Labute approximate surface area is 214 Å². The van der Waals surface area contributed by atoms with E-state index in [0.29, 0.717) is 46.1 Å². The highest BCUT2D eigenvalue weighted by Crippen LogP contribution is 2.46. The monoisotopic (exact) mass is 518 g/mol. The quantitative estimate of drug-likeness (QED) is 0.440. The molecule has 0 spiro atoms. The molecule has 1 aromatic heterocycles. The van der Waals surface area contributed by atoms with Gasteiger partial charge in [0.15, 0.2) is 0 Å². The van der Waals surface area contributed by atoms with Crippen LogP contribution < -0.4 is 14.8 Å². The van der Waals surface area contributed by atoms with Crippen molar-refractivity contribution in [1.82, 2.24) is 14.9 Å². The van der Waals surface area contributed by atoms with E-state index in [0.717, 1.165) is 22.9 Å². The van der Waals surface area contributed by atoms with E-state index in [1.807, 2.05) is 39.0 Å². The molecule has 10 heteroatoms. The number of benzene rings is 2. The molecule has 1 amide bonds. The number of rotatable bonds is 5. The predicted octanol–water partition coefficient (Wildman–Crippen LogP) is 6.04. The lowest BCUT2D eigenvalue weighted by Gasteiger charge is -2.24. The summed E-state index contributed by atoms with van der Waals surface area (Å²) in [5, 5.41) is 4.94. The molecule has 1 saturated heterocycles. The van der Waals surface area contributed by atoms with E-state index < -0.39 is 5.60 Å². The molecule has 0 unspecified atom stereocenters. The van der Waals surface area contributed by atoms with E-state index in [1.165, 1.54) is 14.2 Å². The molecular formula is C25H28Cl2N4O4. The third-order valence-electron chi connectivity index (χ3n) is 5.62. The lowest BCUT2D eigenvalue weighted by molar-refractivity contribution is 0.0293. The predicted molar refractivity (Wildman–Crippen MR) is 138 cm³/mol. The van der Waals surface area contributed by atoms with Crippen molar-refractivity contribution in [1.29, 1.82) is 0 Å². The maximum atomic E-state index is 12.3. The molecule has 186 valence electrons. The topological polar surface area (TPSA) is 85.8 Å². The fourth-order valence-corrected chi connectivity index (χ4v) is 4.67. The first-order valence-corrected chi connectivity index (χ1v) is 12.0. The molecule has 0 bridgehead atoms. The van der Waals surface area contributed by atoms with Gasteiger partial charge in [-0.15, -0.1) is 0 Å². The van der Waals surface area contributed by atoms with Crippen LogP contribution in [0.1, 0.15) is 27.2 Å². The summed E-state index contributed by atoms with van der Waals surface area (Å²) < 4.78 is 16.2. The lowest BCUT2D eigenvalue weighted by Crippen LogP contribution is -2.36. The van der Waals surface area contributed by atoms with Crippen molar-refractivity contribution >= 4 is 46.1 Å². The maximum absolute atomic E-state index is 12.3. The van der Waals surface area contributed by atoms with Gasteiger partial charge in [-0.25, -0.2) is 14.8 Å². The Bertz CT molecular complexity index is 1230. The van der Waals surface area contributed by atoms with Crippen molar-refractivity contribution in [3.05, 3.63) is 40.5 Å². The van der Waals surface area contributed by atoms with Gasteiger partial charge in [-0.1, -0.05) is 29.3 Å². The smallest absolute Gasteiger partial charge is 0.410 e. The van der Waals surface area contributed by atoms with Crippen LogP contribution in [0.15, 0.2) is 30.5 Å². The van der Waals surface area contributed by atoms with E-state index in [4.69, 9.17) is 37.4 Å². The van der Waals surface area contributed by atoms with Crippen LogP contribution in [0.5, 0.6) is 11.5 Å². The molecule has 8 nitrogen and oxygen atoms in total. The van der Waals surface area contributed by atoms with Gasteiger partial charge in [0.25, 0.3) is 0 Å².